The predicted molar refractivity (Wildman–Crippen MR) is 80.1 cm³/mol. The molecule has 0 bridgehead atoms. The first kappa shape index (κ1) is 12.8. The number of hydrogen-bond acceptors (Lipinski definition) is 3. The third kappa shape index (κ3) is 1.66. The van der Waals surface area contributed by atoms with Gasteiger partial charge >= 0.3 is 0 Å². The van der Waals surface area contributed by atoms with E-state index in [4.69, 9.17) is 11.6 Å². The number of rotatable bonds is 1. The summed E-state index contributed by atoms with van der Waals surface area (Å²) in [7, 11) is 0. The Bertz CT molecular complexity index is 716. The maximum Gasteiger partial charge on any atom is 0.274 e. The number of pyridine rings is 1. The van der Waals surface area contributed by atoms with Crippen molar-refractivity contribution in [1.29, 1.82) is 0 Å². The summed E-state index contributed by atoms with van der Waals surface area (Å²) in [6.07, 6.45) is 2.61. The molecule has 0 aliphatic carbocycles. The average molecular weight is 300 g/mol. The van der Waals surface area contributed by atoms with Gasteiger partial charge in [-0.2, -0.15) is 0 Å². The number of carbonyl (C=O) groups excluding carboxylic acids is 1. The zero-order valence-corrected chi connectivity index (χ0v) is 12.1. The van der Waals surface area contributed by atoms with Crippen LogP contribution < -0.4 is 5.32 Å². The molecule has 106 valence electrons. The summed E-state index contributed by atoms with van der Waals surface area (Å²) in [6, 6.07) is 11.5. The van der Waals surface area contributed by atoms with Gasteiger partial charge in [-0.15, -0.1) is 0 Å². The van der Waals surface area contributed by atoms with Gasteiger partial charge in [0.1, 0.15) is 11.4 Å². The normalized spacial score (nSPS) is 23.9. The fourth-order valence-corrected chi connectivity index (χ4v) is 3.49. The number of halogens is 1. The molecule has 1 atom stereocenters. The maximum absolute atomic E-state index is 12.7. The molecule has 1 amide bonds. The van der Waals surface area contributed by atoms with Crippen molar-refractivity contribution >= 4 is 17.5 Å². The molecule has 1 aromatic carbocycles. The molecule has 4 nitrogen and oxygen atoms in total. The quantitative estimate of drug-likeness (QED) is 0.879. The van der Waals surface area contributed by atoms with E-state index in [1.807, 2.05) is 41.3 Å². The second-order valence-corrected chi connectivity index (χ2v) is 5.79. The molecule has 1 N–H and O–H groups in total. The Morgan fingerprint density at radius 2 is 2.05 bits per heavy atom. The first-order valence-corrected chi connectivity index (χ1v) is 7.40. The Morgan fingerprint density at radius 1 is 1.24 bits per heavy atom. The largest absolute Gasteiger partial charge is 0.311 e. The van der Waals surface area contributed by atoms with Gasteiger partial charge in [-0.05, 0) is 36.7 Å². The van der Waals surface area contributed by atoms with Gasteiger partial charge in [0, 0.05) is 23.3 Å². The lowest BCUT2D eigenvalue weighted by atomic mass is 9.90. The molecule has 0 radical (unpaired) electrons. The third-order valence-electron chi connectivity index (χ3n) is 4.25. The second kappa shape index (κ2) is 4.55. The summed E-state index contributed by atoms with van der Waals surface area (Å²) < 4.78 is 0. The van der Waals surface area contributed by atoms with Gasteiger partial charge < -0.3 is 4.90 Å². The van der Waals surface area contributed by atoms with Crippen LogP contribution in [-0.2, 0) is 5.66 Å². The molecule has 4 rings (SSSR count). The van der Waals surface area contributed by atoms with Gasteiger partial charge in [0.25, 0.3) is 5.91 Å². The molecule has 2 aromatic rings. The van der Waals surface area contributed by atoms with Crippen LogP contribution in [0.4, 0.5) is 0 Å². The zero-order valence-electron chi connectivity index (χ0n) is 11.3. The molecule has 2 aliphatic heterocycles. The minimum absolute atomic E-state index is 0.00671. The number of benzene rings is 1. The summed E-state index contributed by atoms with van der Waals surface area (Å²) >= 11 is 6.01. The molecule has 3 heterocycles. The van der Waals surface area contributed by atoms with Gasteiger partial charge in [0.15, 0.2) is 0 Å². The lowest BCUT2D eigenvalue weighted by molar-refractivity contribution is 0.0455. The van der Waals surface area contributed by atoms with Crippen molar-refractivity contribution in [3.8, 4) is 0 Å². The van der Waals surface area contributed by atoms with Crippen LogP contribution in [0.2, 0.25) is 5.02 Å². The SMILES string of the molecule is O=C1c2ncccc2C2(c3ccc(Cl)cc3)NCCCN12. The topological polar surface area (TPSA) is 45.2 Å². The summed E-state index contributed by atoms with van der Waals surface area (Å²) in [4.78, 5) is 18.9. The summed E-state index contributed by atoms with van der Waals surface area (Å²) in [5, 5.41) is 4.23. The number of carbonyl (C=O) groups is 1. The van der Waals surface area contributed by atoms with Crippen molar-refractivity contribution in [2.24, 2.45) is 0 Å². The van der Waals surface area contributed by atoms with Crippen LogP contribution in [0.1, 0.15) is 28.0 Å². The molecule has 21 heavy (non-hydrogen) atoms. The lowest BCUT2D eigenvalue weighted by Crippen LogP contribution is -2.59. The highest BCUT2D eigenvalue weighted by Gasteiger charge is 2.52. The van der Waals surface area contributed by atoms with Crippen LogP contribution in [0.25, 0.3) is 0 Å². The smallest absolute Gasteiger partial charge is 0.274 e. The van der Waals surface area contributed by atoms with Gasteiger partial charge in [-0.1, -0.05) is 29.8 Å². The van der Waals surface area contributed by atoms with Crippen molar-refractivity contribution < 1.29 is 4.79 Å². The second-order valence-electron chi connectivity index (χ2n) is 5.35. The summed E-state index contributed by atoms with van der Waals surface area (Å²) in [5.41, 5.74) is 1.88. The Morgan fingerprint density at radius 3 is 2.86 bits per heavy atom. The van der Waals surface area contributed by atoms with Gasteiger partial charge in [-0.3, -0.25) is 15.1 Å². The van der Waals surface area contributed by atoms with Crippen molar-refractivity contribution in [3.63, 3.8) is 0 Å². The van der Waals surface area contributed by atoms with E-state index in [0.29, 0.717) is 10.7 Å². The van der Waals surface area contributed by atoms with Crippen molar-refractivity contribution in [2.45, 2.75) is 12.1 Å². The molecule has 1 unspecified atom stereocenters. The van der Waals surface area contributed by atoms with Crippen LogP contribution in [0.5, 0.6) is 0 Å². The molecule has 0 spiro atoms. The van der Waals surface area contributed by atoms with Crippen LogP contribution in [0, 0.1) is 0 Å². The highest BCUT2D eigenvalue weighted by Crippen LogP contribution is 2.43. The molecule has 1 aromatic heterocycles. The Balaban J connectivity index is 1.98. The third-order valence-corrected chi connectivity index (χ3v) is 4.50. The predicted octanol–water partition coefficient (Wildman–Crippen LogP) is 2.39. The first-order chi connectivity index (χ1) is 10.2. The molecule has 2 aliphatic rings. The molecular formula is C16H14ClN3O. The van der Waals surface area contributed by atoms with Crippen LogP contribution in [0.3, 0.4) is 0 Å². The van der Waals surface area contributed by atoms with Gasteiger partial charge in [0.2, 0.25) is 0 Å². The molecule has 1 saturated heterocycles. The highest BCUT2D eigenvalue weighted by molar-refractivity contribution is 6.30. The molecular weight excluding hydrogens is 286 g/mol. The number of nitrogens with one attached hydrogen (secondary N) is 1. The zero-order chi connectivity index (χ0) is 14.4. The van der Waals surface area contributed by atoms with E-state index in [1.165, 1.54) is 0 Å². The van der Waals surface area contributed by atoms with E-state index >= 15 is 0 Å². The molecule has 5 heteroatoms. The number of amides is 1. The Labute approximate surface area is 127 Å². The average Bonchev–Trinajstić information content (AvgIpc) is 2.80. The van der Waals surface area contributed by atoms with E-state index < -0.39 is 5.66 Å². The van der Waals surface area contributed by atoms with E-state index in [9.17, 15) is 4.79 Å². The van der Waals surface area contributed by atoms with Crippen molar-refractivity contribution in [1.82, 2.24) is 15.2 Å². The van der Waals surface area contributed by atoms with Crippen molar-refractivity contribution in [2.75, 3.05) is 13.1 Å². The van der Waals surface area contributed by atoms with Crippen LogP contribution in [0.15, 0.2) is 42.6 Å². The minimum atomic E-state index is -0.608. The monoisotopic (exact) mass is 299 g/mol. The van der Waals surface area contributed by atoms with E-state index in [0.717, 1.165) is 30.6 Å². The number of aromatic nitrogens is 1. The van der Waals surface area contributed by atoms with Crippen LogP contribution >= 0.6 is 11.6 Å². The number of nitrogens with zero attached hydrogens (tertiary/aromatic N) is 2. The Kier molecular flexibility index (Phi) is 2.77. The fourth-order valence-electron chi connectivity index (χ4n) is 3.36. The standard InChI is InChI=1S/C16H14ClN3O/c17-12-6-4-11(5-7-12)16-13-3-1-8-18-14(13)15(21)20(16)10-2-9-19-16/h1,3-8,19H,2,9-10H2. The summed E-state index contributed by atoms with van der Waals surface area (Å²) in [5.74, 6) is -0.00671. The number of hydrogen-bond donors (Lipinski definition) is 1. The minimum Gasteiger partial charge on any atom is -0.311 e. The molecule has 0 saturated carbocycles. The van der Waals surface area contributed by atoms with Gasteiger partial charge in [0.05, 0.1) is 0 Å². The number of fused-ring (bicyclic) bond motifs is 3. The van der Waals surface area contributed by atoms with Gasteiger partial charge in [-0.25, -0.2) is 0 Å². The van der Waals surface area contributed by atoms with Crippen LogP contribution in [-0.4, -0.2) is 28.9 Å². The lowest BCUT2D eigenvalue weighted by Gasteiger charge is -2.43. The van der Waals surface area contributed by atoms with Crippen molar-refractivity contribution in [3.05, 3.63) is 64.4 Å². The first-order valence-electron chi connectivity index (χ1n) is 7.02. The Hall–Kier alpha value is -1.91. The highest BCUT2D eigenvalue weighted by atomic mass is 35.5. The van der Waals surface area contributed by atoms with E-state index in [1.54, 1.807) is 6.20 Å². The maximum atomic E-state index is 12.7. The molecule has 1 fully saturated rings. The van der Waals surface area contributed by atoms with E-state index in [2.05, 4.69) is 10.3 Å². The summed E-state index contributed by atoms with van der Waals surface area (Å²) in [6.45, 7) is 1.59. The fraction of sp³-hybridized carbons (Fsp3) is 0.250. The van der Waals surface area contributed by atoms with E-state index in [-0.39, 0.29) is 5.91 Å².